The Morgan fingerprint density at radius 2 is 2.17 bits per heavy atom. The summed E-state index contributed by atoms with van der Waals surface area (Å²) in [6, 6.07) is 4.28. The van der Waals surface area contributed by atoms with Gasteiger partial charge in [-0.05, 0) is 26.1 Å². The molecule has 4 nitrogen and oxygen atoms in total. The van der Waals surface area contributed by atoms with Crippen molar-refractivity contribution in [1.29, 1.82) is 0 Å². The Morgan fingerprint density at radius 3 is 2.78 bits per heavy atom. The molecule has 2 rings (SSSR count). The van der Waals surface area contributed by atoms with Gasteiger partial charge in [0.2, 0.25) is 5.91 Å². The predicted octanol–water partition coefficient (Wildman–Crippen LogP) is 0.920. The first-order valence-electron chi connectivity index (χ1n) is 6.37. The molecule has 0 aliphatic carbocycles. The molecular formula is C13H21N3OS. The third kappa shape index (κ3) is 3.80. The smallest absolute Gasteiger partial charge is 0.236 e. The Bertz CT molecular complexity index is 399. The Morgan fingerprint density at radius 1 is 1.44 bits per heavy atom. The van der Waals surface area contributed by atoms with E-state index in [1.807, 2.05) is 11.9 Å². The predicted molar refractivity (Wildman–Crippen MR) is 74.8 cm³/mol. The number of nitrogens with one attached hydrogen (secondary N) is 1. The largest absolute Gasteiger partial charge is 0.339 e. The number of amides is 1. The highest BCUT2D eigenvalue weighted by molar-refractivity contribution is 7.11. The Kier molecular flexibility index (Phi) is 4.74. The van der Waals surface area contributed by atoms with Crippen molar-refractivity contribution in [3.63, 3.8) is 0 Å². The molecule has 1 aliphatic rings. The maximum absolute atomic E-state index is 12.1. The fourth-order valence-corrected chi connectivity index (χ4v) is 3.11. The number of hydrogen-bond acceptors (Lipinski definition) is 4. The molecule has 18 heavy (non-hydrogen) atoms. The quantitative estimate of drug-likeness (QED) is 0.881. The maximum Gasteiger partial charge on any atom is 0.236 e. The van der Waals surface area contributed by atoms with Crippen LogP contribution in [-0.2, 0) is 11.3 Å². The molecule has 1 fully saturated rings. The topological polar surface area (TPSA) is 35.6 Å². The molecular weight excluding hydrogens is 246 g/mol. The lowest BCUT2D eigenvalue weighted by Gasteiger charge is -2.29. The van der Waals surface area contributed by atoms with Gasteiger partial charge in [0.05, 0.1) is 6.54 Å². The number of thiophene rings is 1. The highest BCUT2D eigenvalue weighted by atomic mass is 32.1. The van der Waals surface area contributed by atoms with E-state index in [1.54, 1.807) is 11.3 Å². The van der Waals surface area contributed by atoms with Gasteiger partial charge in [-0.3, -0.25) is 9.69 Å². The second-order valence-electron chi connectivity index (χ2n) is 4.82. The van der Waals surface area contributed by atoms with E-state index < -0.39 is 0 Å². The van der Waals surface area contributed by atoms with E-state index in [-0.39, 0.29) is 5.91 Å². The molecule has 2 heterocycles. The minimum atomic E-state index is 0.243. The summed E-state index contributed by atoms with van der Waals surface area (Å²) in [5.41, 5.74) is 0. The number of aryl methyl sites for hydroxylation is 1. The molecule has 0 saturated carbocycles. The molecule has 100 valence electrons. The fraction of sp³-hybridized carbons (Fsp3) is 0.615. The van der Waals surface area contributed by atoms with Crippen LogP contribution in [0.15, 0.2) is 12.1 Å². The van der Waals surface area contributed by atoms with Crippen LogP contribution in [0.2, 0.25) is 0 Å². The molecule has 1 saturated heterocycles. The molecule has 1 aliphatic heterocycles. The lowest BCUT2D eigenvalue weighted by atomic mass is 10.3. The van der Waals surface area contributed by atoms with Gasteiger partial charge in [0.25, 0.3) is 0 Å². The molecule has 0 aromatic carbocycles. The zero-order valence-electron chi connectivity index (χ0n) is 11.1. The van der Waals surface area contributed by atoms with Crippen molar-refractivity contribution >= 4 is 17.2 Å². The Balaban J connectivity index is 1.79. The lowest BCUT2D eigenvalue weighted by Crippen LogP contribution is -2.49. The van der Waals surface area contributed by atoms with Crippen molar-refractivity contribution < 1.29 is 4.79 Å². The molecule has 0 spiro atoms. The summed E-state index contributed by atoms with van der Waals surface area (Å²) >= 11 is 1.80. The van der Waals surface area contributed by atoms with Gasteiger partial charge in [-0.1, -0.05) is 0 Å². The molecule has 5 heteroatoms. The van der Waals surface area contributed by atoms with Gasteiger partial charge < -0.3 is 10.2 Å². The Hall–Kier alpha value is -0.910. The third-order valence-electron chi connectivity index (χ3n) is 3.10. The third-order valence-corrected chi connectivity index (χ3v) is 4.08. The number of carbonyl (C=O) groups is 1. The van der Waals surface area contributed by atoms with Gasteiger partial charge in [-0.15, -0.1) is 11.3 Å². The average molecular weight is 267 g/mol. The minimum Gasteiger partial charge on any atom is -0.339 e. The second-order valence-corrected chi connectivity index (χ2v) is 6.19. The summed E-state index contributed by atoms with van der Waals surface area (Å²) in [5.74, 6) is 0.243. The lowest BCUT2D eigenvalue weighted by molar-refractivity contribution is -0.132. The van der Waals surface area contributed by atoms with E-state index >= 15 is 0 Å². The summed E-state index contributed by atoms with van der Waals surface area (Å²) in [6.07, 6.45) is 0. The van der Waals surface area contributed by atoms with E-state index in [0.717, 1.165) is 32.7 Å². The zero-order chi connectivity index (χ0) is 13.0. The number of rotatable bonds is 4. The fourth-order valence-electron chi connectivity index (χ4n) is 2.14. The average Bonchev–Trinajstić information content (AvgIpc) is 2.75. The minimum absolute atomic E-state index is 0.243. The number of hydrogen-bond donors (Lipinski definition) is 1. The van der Waals surface area contributed by atoms with E-state index in [1.165, 1.54) is 9.75 Å². The van der Waals surface area contributed by atoms with Crippen molar-refractivity contribution in [2.24, 2.45) is 0 Å². The van der Waals surface area contributed by atoms with Crippen molar-refractivity contribution in [3.05, 3.63) is 21.9 Å². The highest BCUT2D eigenvalue weighted by Crippen LogP contribution is 2.16. The van der Waals surface area contributed by atoms with E-state index in [2.05, 4.69) is 29.3 Å². The summed E-state index contributed by atoms with van der Waals surface area (Å²) in [7, 11) is 2.01. The van der Waals surface area contributed by atoms with E-state index in [0.29, 0.717) is 6.54 Å². The van der Waals surface area contributed by atoms with Crippen LogP contribution in [-0.4, -0.2) is 55.5 Å². The van der Waals surface area contributed by atoms with E-state index in [9.17, 15) is 4.79 Å². The van der Waals surface area contributed by atoms with Crippen LogP contribution in [0.3, 0.4) is 0 Å². The van der Waals surface area contributed by atoms with E-state index in [4.69, 9.17) is 0 Å². The summed E-state index contributed by atoms with van der Waals surface area (Å²) in [4.78, 5) is 18.8. The standard InChI is InChI=1S/C13H21N3OS/c1-11-3-4-12(18-11)9-15(2)10-13(17)16-7-5-14-6-8-16/h3-4,14H,5-10H2,1-2H3. The molecule has 1 aromatic rings. The van der Waals surface area contributed by atoms with Crippen molar-refractivity contribution in [2.75, 3.05) is 39.8 Å². The van der Waals surface area contributed by atoms with Crippen LogP contribution >= 0.6 is 11.3 Å². The number of likely N-dealkylation sites (N-methyl/N-ethyl adjacent to an activating group) is 1. The van der Waals surface area contributed by atoms with Crippen molar-refractivity contribution in [1.82, 2.24) is 15.1 Å². The first kappa shape index (κ1) is 13.5. The molecule has 0 atom stereocenters. The number of carbonyl (C=O) groups excluding carboxylic acids is 1. The molecule has 1 N–H and O–H groups in total. The van der Waals surface area contributed by atoms with Gasteiger partial charge in [0.1, 0.15) is 0 Å². The highest BCUT2D eigenvalue weighted by Gasteiger charge is 2.17. The summed E-state index contributed by atoms with van der Waals surface area (Å²) in [6.45, 7) is 6.99. The van der Waals surface area contributed by atoms with Crippen LogP contribution in [0.25, 0.3) is 0 Å². The van der Waals surface area contributed by atoms with Crippen LogP contribution in [0.1, 0.15) is 9.75 Å². The molecule has 1 aromatic heterocycles. The SMILES string of the molecule is Cc1ccc(CN(C)CC(=O)N2CCNCC2)s1. The van der Waals surface area contributed by atoms with Crippen molar-refractivity contribution in [2.45, 2.75) is 13.5 Å². The van der Waals surface area contributed by atoms with Gasteiger partial charge in [0, 0.05) is 42.5 Å². The monoisotopic (exact) mass is 267 g/mol. The van der Waals surface area contributed by atoms with Crippen LogP contribution in [0.5, 0.6) is 0 Å². The normalized spacial score (nSPS) is 16.3. The van der Waals surface area contributed by atoms with Crippen LogP contribution in [0.4, 0.5) is 0 Å². The van der Waals surface area contributed by atoms with Gasteiger partial charge in [0.15, 0.2) is 0 Å². The van der Waals surface area contributed by atoms with Gasteiger partial charge in [-0.2, -0.15) is 0 Å². The molecule has 0 unspecified atom stereocenters. The second kappa shape index (κ2) is 6.31. The maximum atomic E-state index is 12.1. The molecule has 1 amide bonds. The first-order valence-corrected chi connectivity index (χ1v) is 7.19. The summed E-state index contributed by atoms with van der Waals surface area (Å²) < 4.78 is 0. The van der Waals surface area contributed by atoms with Gasteiger partial charge >= 0.3 is 0 Å². The van der Waals surface area contributed by atoms with Crippen LogP contribution < -0.4 is 5.32 Å². The number of nitrogens with zero attached hydrogens (tertiary/aromatic N) is 2. The van der Waals surface area contributed by atoms with Gasteiger partial charge in [-0.25, -0.2) is 0 Å². The van der Waals surface area contributed by atoms with Crippen LogP contribution in [0, 0.1) is 6.92 Å². The zero-order valence-corrected chi connectivity index (χ0v) is 11.9. The number of piperazine rings is 1. The molecule has 0 radical (unpaired) electrons. The van der Waals surface area contributed by atoms with Crippen molar-refractivity contribution in [3.8, 4) is 0 Å². The Labute approximate surface area is 113 Å². The first-order chi connectivity index (χ1) is 8.65. The molecule has 0 bridgehead atoms. The summed E-state index contributed by atoms with van der Waals surface area (Å²) in [5, 5.41) is 3.26.